The summed E-state index contributed by atoms with van der Waals surface area (Å²) in [5.41, 5.74) is -0.00782. The molecule has 0 aliphatic carbocycles. The first-order valence-electron chi connectivity index (χ1n) is 7.09. The lowest BCUT2D eigenvalue weighted by molar-refractivity contribution is -0.140. The van der Waals surface area contributed by atoms with Gasteiger partial charge in [0.05, 0.1) is 0 Å². The molecule has 1 amide bonds. The van der Waals surface area contributed by atoms with Gasteiger partial charge in [-0.3, -0.25) is 0 Å². The Morgan fingerprint density at radius 2 is 2.04 bits per heavy atom. The fourth-order valence-corrected chi connectivity index (χ4v) is 2.45. The SMILES string of the molecule is O=C(NCCC=Cc1nc(C(F)(F)F)cs1)OCc1ccccc1. The number of hydrogen-bond donors (Lipinski definition) is 1. The second-order valence-corrected chi connectivity index (χ2v) is 5.64. The van der Waals surface area contributed by atoms with Gasteiger partial charge in [-0.2, -0.15) is 13.2 Å². The number of nitrogens with zero attached hydrogens (tertiary/aromatic N) is 1. The molecule has 0 bridgehead atoms. The van der Waals surface area contributed by atoms with Crippen LogP contribution in [0, 0.1) is 0 Å². The molecule has 0 aliphatic rings. The van der Waals surface area contributed by atoms with E-state index in [0.29, 0.717) is 13.0 Å². The third-order valence-electron chi connectivity index (χ3n) is 2.87. The minimum Gasteiger partial charge on any atom is -0.445 e. The van der Waals surface area contributed by atoms with Gasteiger partial charge >= 0.3 is 12.3 Å². The Balaban J connectivity index is 1.65. The highest BCUT2D eigenvalue weighted by molar-refractivity contribution is 7.10. The van der Waals surface area contributed by atoms with Gasteiger partial charge in [-0.25, -0.2) is 9.78 Å². The van der Waals surface area contributed by atoms with Crippen LogP contribution in [0.2, 0.25) is 0 Å². The molecule has 0 saturated carbocycles. The lowest BCUT2D eigenvalue weighted by atomic mass is 10.2. The molecule has 128 valence electrons. The number of amides is 1. The smallest absolute Gasteiger partial charge is 0.434 e. The van der Waals surface area contributed by atoms with E-state index in [0.717, 1.165) is 22.3 Å². The molecule has 1 heterocycles. The van der Waals surface area contributed by atoms with Gasteiger partial charge in [0.1, 0.15) is 11.6 Å². The molecule has 24 heavy (non-hydrogen) atoms. The molecule has 0 aliphatic heterocycles. The highest BCUT2D eigenvalue weighted by Crippen LogP contribution is 2.30. The molecule has 0 spiro atoms. The van der Waals surface area contributed by atoms with Crippen LogP contribution in [0.3, 0.4) is 0 Å². The number of thiazole rings is 1. The van der Waals surface area contributed by atoms with E-state index in [1.165, 1.54) is 6.08 Å². The van der Waals surface area contributed by atoms with Gasteiger partial charge in [0, 0.05) is 11.9 Å². The van der Waals surface area contributed by atoms with Crippen LogP contribution in [0.5, 0.6) is 0 Å². The van der Waals surface area contributed by atoms with Crippen molar-refractivity contribution in [2.45, 2.75) is 19.2 Å². The largest absolute Gasteiger partial charge is 0.445 e. The van der Waals surface area contributed by atoms with Crippen LogP contribution in [-0.4, -0.2) is 17.6 Å². The van der Waals surface area contributed by atoms with E-state index in [1.807, 2.05) is 30.3 Å². The molecule has 1 N–H and O–H groups in total. The summed E-state index contributed by atoms with van der Waals surface area (Å²) >= 11 is 0.917. The molecule has 0 unspecified atom stereocenters. The lowest BCUT2D eigenvalue weighted by Crippen LogP contribution is -2.24. The second-order valence-electron chi connectivity index (χ2n) is 4.75. The number of hydrogen-bond acceptors (Lipinski definition) is 4. The quantitative estimate of drug-likeness (QED) is 0.776. The van der Waals surface area contributed by atoms with Crippen molar-refractivity contribution in [3.05, 3.63) is 58.1 Å². The Hall–Kier alpha value is -2.35. The summed E-state index contributed by atoms with van der Waals surface area (Å²) in [5, 5.41) is 3.80. The molecule has 2 rings (SSSR count). The van der Waals surface area contributed by atoms with E-state index in [2.05, 4.69) is 10.3 Å². The number of ether oxygens (including phenoxy) is 1. The molecule has 4 nitrogen and oxygen atoms in total. The minimum atomic E-state index is -4.42. The Kier molecular flexibility index (Phi) is 6.36. The van der Waals surface area contributed by atoms with Crippen molar-refractivity contribution in [2.24, 2.45) is 0 Å². The fourth-order valence-electron chi connectivity index (χ4n) is 1.71. The summed E-state index contributed by atoms with van der Waals surface area (Å²) in [6.07, 6.45) is -1.36. The van der Waals surface area contributed by atoms with Gasteiger partial charge in [-0.05, 0) is 18.1 Å². The Bertz CT molecular complexity index is 684. The van der Waals surface area contributed by atoms with Crippen molar-refractivity contribution in [1.82, 2.24) is 10.3 Å². The molecule has 0 radical (unpaired) electrons. The van der Waals surface area contributed by atoms with Gasteiger partial charge in [0.15, 0.2) is 5.69 Å². The first-order chi connectivity index (χ1) is 11.4. The topological polar surface area (TPSA) is 51.2 Å². The number of halogens is 3. The van der Waals surface area contributed by atoms with Crippen LogP contribution < -0.4 is 5.32 Å². The molecular formula is C16H15F3N2O2S. The van der Waals surface area contributed by atoms with E-state index >= 15 is 0 Å². The predicted molar refractivity (Wildman–Crippen MR) is 85.4 cm³/mol. The van der Waals surface area contributed by atoms with Gasteiger partial charge in [0.25, 0.3) is 0 Å². The van der Waals surface area contributed by atoms with Gasteiger partial charge < -0.3 is 10.1 Å². The molecular weight excluding hydrogens is 341 g/mol. The van der Waals surface area contributed by atoms with Crippen molar-refractivity contribution < 1.29 is 22.7 Å². The van der Waals surface area contributed by atoms with Crippen LogP contribution in [0.25, 0.3) is 6.08 Å². The predicted octanol–water partition coefficient (Wildman–Crippen LogP) is 4.49. The molecule has 0 saturated heterocycles. The monoisotopic (exact) mass is 356 g/mol. The summed E-state index contributed by atoms with van der Waals surface area (Å²) < 4.78 is 42.2. The van der Waals surface area contributed by atoms with Crippen LogP contribution in [-0.2, 0) is 17.5 Å². The molecule has 0 atom stereocenters. The molecule has 8 heteroatoms. The van der Waals surface area contributed by atoms with Crippen molar-refractivity contribution in [3.8, 4) is 0 Å². The first kappa shape index (κ1) is 18.0. The Labute approximate surface area is 141 Å². The number of carbonyl (C=O) groups is 1. The van der Waals surface area contributed by atoms with Gasteiger partial charge in [0.2, 0.25) is 0 Å². The maximum Gasteiger partial charge on any atom is 0.434 e. The number of carbonyl (C=O) groups excluding carboxylic acids is 1. The van der Waals surface area contributed by atoms with E-state index < -0.39 is 18.0 Å². The zero-order chi connectivity index (χ0) is 17.4. The molecule has 2 aromatic rings. The van der Waals surface area contributed by atoms with E-state index in [4.69, 9.17) is 4.74 Å². The highest BCUT2D eigenvalue weighted by Gasteiger charge is 2.33. The molecule has 1 aromatic carbocycles. The van der Waals surface area contributed by atoms with Crippen LogP contribution in [0.1, 0.15) is 22.7 Å². The van der Waals surface area contributed by atoms with Crippen LogP contribution >= 0.6 is 11.3 Å². The third kappa shape index (κ3) is 6.04. The van der Waals surface area contributed by atoms with Crippen LogP contribution in [0.15, 0.2) is 41.8 Å². The average molecular weight is 356 g/mol. The number of aromatic nitrogens is 1. The first-order valence-corrected chi connectivity index (χ1v) is 7.97. The van der Waals surface area contributed by atoms with Gasteiger partial charge in [-0.15, -0.1) is 11.3 Å². The highest BCUT2D eigenvalue weighted by atomic mass is 32.1. The average Bonchev–Trinajstić information content (AvgIpc) is 3.03. The number of alkyl carbamates (subject to hydrolysis) is 1. The van der Waals surface area contributed by atoms with Crippen molar-refractivity contribution >= 4 is 23.5 Å². The van der Waals surface area contributed by atoms with Crippen molar-refractivity contribution in [1.29, 1.82) is 0 Å². The molecule has 1 aromatic heterocycles. The fraction of sp³-hybridized carbons (Fsp3) is 0.250. The van der Waals surface area contributed by atoms with E-state index in [9.17, 15) is 18.0 Å². The van der Waals surface area contributed by atoms with Crippen molar-refractivity contribution in [2.75, 3.05) is 6.54 Å². The third-order valence-corrected chi connectivity index (χ3v) is 3.68. The maximum absolute atomic E-state index is 12.4. The maximum atomic E-state index is 12.4. The zero-order valence-corrected chi connectivity index (χ0v) is 13.4. The van der Waals surface area contributed by atoms with Gasteiger partial charge in [-0.1, -0.05) is 36.4 Å². The second kappa shape index (κ2) is 8.49. The zero-order valence-electron chi connectivity index (χ0n) is 12.5. The normalized spacial score (nSPS) is 11.6. The summed E-state index contributed by atoms with van der Waals surface area (Å²) in [6.45, 7) is 0.503. The number of nitrogens with one attached hydrogen (secondary N) is 1. The lowest BCUT2D eigenvalue weighted by Gasteiger charge is -2.05. The standard InChI is InChI=1S/C16H15F3N2O2S/c17-16(18,19)13-11-24-14(21-13)8-4-5-9-20-15(22)23-10-12-6-2-1-3-7-12/h1-4,6-8,11H,5,9-10H2,(H,20,22). The van der Waals surface area contributed by atoms with E-state index in [1.54, 1.807) is 6.08 Å². The minimum absolute atomic E-state index is 0.182. The summed E-state index contributed by atoms with van der Waals surface area (Å²) in [6, 6.07) is 9.27. The summed E-state index contributed by atoms with van der Waals surface area (Å²) in [7, 11) is 0. The van der Waals surface area contributed by atoms with Crippen molar-refractivity contribution in [3.63, 3.8) is 0 Å². The van der Waals surface area contributed by atoms with E-state index in [-0.39, 0.29) is 11.6 Å². The Morgan fingerprint density at radius 1 is 1.29 bits per heavy atom. The summed E-state index contributed by atoms with van der Waals surface area (Å²) in [4.78, 5) is 14.9. The molecule has 0 fully saturated rings. The number of alkyl halides is 3. The number of benzene rings is 1. The Morgan fingerprint density at radius 3 is 2.71 bits per heavy atom. The van der Waals surface area contributed by atoms with Crippen LogP contribution in [0.4, 0.5) is 18.0 Å². The number of rotatable bonds is 6. The summed E-state index contributed by atoms with van der Waals surface area (Å²) in [5.74, 6) is 0.